The van der Waals surface area contributed by atoms with Crippen LogP contribution in [0.25, 0.3) is 0 Å². The molecule has 0 aliphatic rings. The number of hydrogen-bond acceptors (Lipinski definition) is 1. The average molecular weight is 290 g/mol. The first kappa shape index (κ1) is 16.7. The van der Waals surface area contributed by atoms with Gasteiger partial charge in [-0.25, -0.2) is 4.39 Å². The molecule has 112 valence electrons. The molecule has 0 atom stereocenters. The molecule has 0 saturated carbocycles. The summed E-state index contributed by atoms with van der Waals surface area (Å²) in [4.78, 5) is 12.3. The first-order chi connectivity index (χ1) is 9.32. The smallest absolute Gasteiger partial charge is 0.294 e. The lowest BCUT2D eigenvalue weighted by atomic mass is 9.87. The van der Waals surface area contributed by atoms with Gasteiger partial charge < -0.3 is 0 Å². The van der Waals surface area contributed by atoms with Crippen LogP contribution in [0.1, 0.15) is 55.5 Å². The van der Waals surface area contributed by atoms with Crippen LogP contribution in [-0.2, 0) is 6.18 Å². The van der Waals surface area contributed by atoms with Crippen molar-refractivity contribution in [3.63, 3.8) is 0 Å². The van der Waals surface area contributed by atoms with Crippen LogP contribution in [0.2, 0.25) is 0 Å². The fourth-order valence-corrected chi connectivity index (χ4v) is 2.34. The van der Waals surface area contributed by atoms with Crippen molar-refractivity contribution in [2.75, 3.05) is 0 Å². The summed E-state index contributed by atoms with van der Waals surface area (Å²) in [6.07, 6.45) is -2.43. The van der Waals surface area contributed by atoms with E-state index in [9.17, 15) is 22.4 Å². The van der Waals surface area contributed by atoms with E-state index in [1.54, 1.807) is 0 Å². The van der Waals surface area contributed by atoms with Crippen LogP contribution >= 0.6 is 0 Å². The van der Waals surface area contributed by atoms with Gasteiger partial charge in [-0.05, 0) is 18.9 Å². The number of benzene rings is 1. The Morgan fingerprint density at radius 3 is 2.15 bits per heavy atom. The zero-order valence-electron chi connectivity index (χ0n) is 11.6. The number of alkyl halides is 3. The summed E-state index contributed by atoms with van der Waals surface area (Å²) in [5, 5.41) is 0. The Hall–Kier alpha value is -1.39. The van der Waals surface area contributed by atoms with Crippen molar-refractivity contribution >= 4 is 5.78 Å². The molecule has 0 radical (unpaired) electrons. The molecule has 1 aromatic carbocycles. The molecule has 0 amide bonds. The zero-order chi connectivity index (χ0) is 15.3. The number of carbonyl (C=O) groups is 1. The van der Waals surface area contributed by atoms with Crippen LogP contribution < -0.4 is 0 Å². The molecule has 20 heavy (non-hydrogen) atoms. The van der Waals surface area contributed by atoms with Crippen LogP contribution in [-0.4, -0.2) is 5.78 Å². The van der Waals surface area contributed by atoms with Gasteiger partial charge in [-0.1, -0.05) is 38.8 Å². The fraction of sp³-hybridized carbons (Fsp3) is 0.533. The molecule has 0 bridgehead atoms. The molecular formula is C15H18F4O. The predicted molar refractivity (Wildman–Crippen MR) is 69.0 cm³/mol. The summed E-state index contributed by atoms with van der Waals surface area (Å²) in [6, 6.07) is 2.94. The average Bonchev–Trinajstić information content (AvgIpc) is 2.36. The van der Waals surface area contributed by atoms with E-state index in [-0.39, 0.29) is 0 Å². The molecule has 0 aliphatic carbocycles. The van der Waals surface area contributed by atoms with E-state index in [2.05, 4.69) is 0 Å². The van der Waals surface area contributed by atoms with Crippen LogP contribution in [0.15, 0.2) is 18.2 Å². The van der Waals surface area contributed by atoms with Crippen molar-refractivity contribution in [1.29, 1.82) is 0 Å². The molecule has 0 spiro atoms. The highest BCUT2D eigenvalue weighted by atomic mass is 19.4. The molecule has 0 fully saturated rings. The number of Topliss-reactive ketones (excluding diaryl/α,β-unsaturated/α-hetero) is 1. The molecule has 0 aromatic heterocycles. The van der Waals surface area contributed by atoms with Gasteiger partial charge in [0.25, 0.3) is 0 Å². The van der Waals surface area contributed by atoms with Gasteiger partial charge in [0, 0.05) is 11.5 Å². The van der Waals surface area contributed by atoms with Crippen molar-refractivity contribution in [2.45, 2.75) is 45.7 Å². The minimum absolute atomic E-state index is 0.479. The van der Waals surface area contributed by atoms with Crippen LogP contribution in [0.3, 0.4) is 0 Å². The number of halogens is 4. The lowest BCUT2D eigenvalue weighted by Crippen LogP contribution is -2.21. The molecule has 1 rings (SSSR count). The van der Waals surface area contributed by atoms with E-state index in [1.165, 1.54) is 0 Å². The largest absolute Gasteiger partial charge is 0.419 e. The minimum atomic E-state index is -4.86. The quantitative estimate of drug-likeness (QED) is 0.517. The Morgan fingerprint density at radius 1 is 1.15 bits per heavy atom. The van der Waals surface area contributed by atoms with Gasteiger partial charge in [-0.3, -0.25) is 4.79 Å². The molecule has 0 N–H and O–H groups in total. The van der Waals surface area contributed by atoms with Crippen molar-refractivity contribution in [3.05, 3.63) is 35.1 Å². The second-order valence-electron chi connectivity index (χ2n) is 4.80. The van der Waals surface area contributed by atoms with E-state index in [0.717, 1.165) is 18.2 Å². The third-order valence-corrected chi connectivity index (χ3v) is 3.21. The molecule has 1 nitrogen and oxygen atoms in total. The van der Waals surface area contributed by atoms with Gasteiger partial charge in [0.2, 0.25) is 0 Å². The predicted octanol–water partition coefficient (Wildman–Crippen LogP) is 5.24. The topological polar surface area (TPSA) is 17.1 Å². The van der Waals surface area contributed by atoms with Crippen LogP contribution in [0.4, 0.5) is 17.6 Å². The van der Waals surface area contributed by atoms with E-state index in [1.807, 2.05) is 13.8 Å². The number of carbonyl (C=O) groups excluding carboxylic acids is 1. The Balaban J connectivity index is 3.24. The number of rotatable bonds is 6. The van der Waals surface area contributed by atoms with Gasteiger partial charge in [-0.2, -0.15) is 13.2 Å². The molecule has 0 aliphatic heterocycles. The van der Waals surface area contributed by atoms with E-state index in [4.69, 9.17) is 0 Å². The highest BCUT2D eigenvalue weighted by molar-refractivity contribution is 5.99. The van der Waals surface area contributed by atoms with Crippen LogP contribution in [0.5, 0.6) is 0 Å². The molecule has 0 unspecified atom stereocenters. The maximum atomic E-state index is 13.5. The van der Waals surface area contributed by atoms with Crippen LogP contribution in [0, 0.1) is 11.7 Å². The maximum Gasteiger partial charge on any atom is 0.419 e. The number of hydrogen-bond donors (Lipinski definition) is 0. The van der Waals surface area contributed by atoms with Gasteiger partial charge in [-0.15, -0.1) is 0 Å². The monoisotopic (exact) mass is 290 g/mol. The highest BCUT2D eigenvalue weighted by Gasteiger charge is 2.39. The molecule has 0 heterocycles. The first-order valence-electron chi connectivity index (χ1n) is 6.72. The fourth-order valence-electron chi connectivity index (χ4n) is 2.34. The van der Waals surface area contributed by atoms with E-state index in [0.29, 0.717) is 25.7 Å². The van der Waals surface area contributed by atoms with Gasteiger partial charge in [0.1, 0.15) is 11.4 Å². The number of ketones is 1. The van der Waals surface area contributed by atoms with Crippen molar-refractivity contribution < 1.29 is 22.4 Å². The third kappa shape index (κ3) is 3.81. The normalized spacial score (nSPS) is 11.9. The Bertz CT molecular complexity index is 459. The lowest BCUT2D eigenvalue weighted by Gasteiger charge is -2.18. The minimum Gasteiger partial charge on any atom is -0.294 e. The van der Waals surface area contributed by atoms with Gasteiger partial charge in [0.05, 0.1) is 0 Å². The Morgan fingerprint density at radius 2 is 1.70 bits per heavy atom. The van der Waals surface area contributed by atoms with E-state index < -0.39 is 34.8 Å². The molecule has 5 heteroatoms. The Kier molecular flexibility index (Phi) is 5.72. The lowest BCUT2D eigenvalue weighted by molar-refractivity contribution is -0.140. The highest BCUT2D eigenvalue weighted by Crippen LogP contribution is 2.35. The first-order valence-corrected chi connectivity index (χ1v) is 6.72. The third-order valence-electron chi connectivity index (χ3n) is 3.21. The summed E-state index contributed by atoms with van der Waals surface area (Å²) in [5.74, 6) is -2.48. The second-order valence-corrected chi connectivity index (χ2v) is 4.80. The van der Waals surface area contributed by atoms with Gasteiger partial charge in [0.15, 0.2) is 5.78 Å². The Labute approximate surface area is 116 Å². The summed E-state index contributed by atoms with van der Waals surface area (Å²) in [6.45, 7) is 3.73. The summed E-state index contributed by atoms with van der Waals surface area (Å²) >= 11 is 0. The molecular weight excluding hydrogens is 272 g/mol. The standard InChI is InChI=1S/C15H18F4O/c1-3-6-10(7-4-2)14(20)11-8-5-9-12(16)13(11)15(17,18)19/h5,8-10H,3-4,6-7H2,1-2H3. The zero-order valence-corrected chi connectivity index (χ0v) is 11.6. The summed E-state index contributed by atoms with van der Waals surface area (Å²) < 4.78 is 52.2. The maximum absolute atomic E-state index is 13.5. The molecule has 0 saturated heterocycles. The summed E-state index contributed by atoms with van der Waals surface area (Å²) in [7, 11) is 0. The second kappa shape index (κ2) is 6.86. The van der Waals surface area contributed by atoms with E-state index >= 15 is 0 Å². The SMILES string of the molecule is CCCC(CCC)C(=O)c1cccc(F)c1C(F)(F)F. The van der Waals surface area contributed by atoms with Gasteiger partial charge >= 0.3 is 6.18 Å². The van der Waals surface area contributed by atoms with Crippen molar-refractivity contribution in [1.82, 2.24) is 0 Å². The summed E-state index contributed by atoms with van der Waals surface area (Å²) in [5.41, 5.74) is -1.99. The molecule has 1 aromatic rings. The van der Waals surface area contributed by atoms with Crippen molar-refractivity contribution in [3.8, 4) is 0 Å². The van der Waals surface area contributed by atoms with Crippen molar-refractivity contribution in [2.24, 2.45) is 5.92 Å².